The maximum absolute atomic E-state index is 6.53. The fourth-order valence-electron chi connectivity index (χ4n) is 6.68. The van der Waals surface area contributed by atoms with E-state index in [9.17, 15) is 0 Å². The van der Waals surface area contributed by atoms with Gasteiger partial charge in [0.15, 0.2) is 11.2 Å². The minimum absolute atomic E-state index is 0.779. The molecule has 10 aromatic rings. The van der Waals surface area contributed by atoms with Crippen LogP contribution in [0.2, 0.25) is 0 Å². The Morgan fingerprint density at radius 1 is 0.400 bits per heavy atom. The number of aryl methyl sites for hydroxylation is 1. The lowest BCUT2D eigenvalue weighted by molar-refractivity contribution is 0.633. The predicted molar refractivity (Wildman–Crippen MR) is 206 cm³/mol. The highest BCUT2D eigenvalue weighted by atomic mass is 16.4. The normalized spacial score (nSPS) is 11.3. The molecule has 4 nitrogen and oxygen atoms in total. The highest BCUT2D eigenvalue weighted by molar-refractivity contribution is 6.19. The molecule has 0 aliphatic heterocycles. The predicted octanol–water partition coefficient (Wildman–Crippen LogP) is 12.9. The van der Waals surface area contributed by atoms with Crippen molar-refractivity contribution in [1.29, 1.82) is 0 Å². The van der Waals surface area contributed by atoms with E-state index in [1.165, 1.54) is 11.1 Å². The number of aromatic nitrogens is 2. The van der Waals surface area contributed by atoms with Crippen LogP contribution in [-0.2, 0) is 0 Å². The lowest BCUT2D eigenvalue weighted by Crippen LogP contribution is -1.82. The van der Waals surface area contributed by atoms with Crippen LogP contribution in [0, 0.1) is 6.92 Å². The summed E-state index contributed by atoms with van der Waals surface area (Å²) in [5.41, 5.74) is 13.1. The van der Waals surface area contributed by atoms with Gasteiger partial charge >= 0.3 is 0 Å². The molecule has 0 amide bonds. The van der Waals surface area contributed by atoms with Gasteiger partial charge in [-0.1, -0.05) is 127 Å². The van der Waals surface area contributed by atoms with Crippen LogP contribution in [0.3, 0.4) is 0 Å². The van der Waals surface area contributed by atoms with Crippen LogP contribution in [-0.4, -0.2) is 10.2 Å². The van der Waals surface area contributed by atoms with Gasteiger partial charge in [0.2, 0.25) is 0 Å². The number of H-pyrrole nitrogens is 1. The van der Waals surface area contributed by atoms with Crippen molar-refractivity contribution in [1.82, 2.24) is 10.2 Å². The Hall–Kier alpha value is -6.65. The lowest BCUT2D eigenvalue weighted by Gasteiger charge is -2.04. The van der Waals surface area contributed by atoms with Gasteiger partial charge < -0.3 is 8.83 Å². The highest BCUT2D eigenvalue weighted by Gasteiger charge is 2.17. The van der Waals surface area contributed by atoms with E-state index in [4.69, 9.17) is 8.83 Å². The molecule has 4 heteroatoms. The maximum Gasteiger partial charge on any atom is 0.178 e. The summed E-state index contributed by atoms with van der Waals surface area (Å²) in [6.45, 7) is 2.08. The maximum atomic E-state index is 6.53. The average molecular weight is 645 g/mol. The molecule has 0 saturated heterocycles. The Morgan fingerprint density at radius 2 is 0.880 bits per heavy atom. The van der Waals surface area contributed by atoms with E-state index >= 15 is 0 Å². The van der Waals surface area contributed by atoms with Crippen LogP contribution in [0.25, 0.3) is 88.6 Å². The number of nitrogens with zero attached hydrogens (tertiary/aromatic N) is 1. The molecular weight excluding hydrogens is 613 g/mol. The molecule has 7 aromatic carbocycles. The van der Waals surface area contributed by atoms with Crippen LogP contribution in [0.15, 0.2) is 179 Å². The Kier molecular flexibility index (Phi) is 7.33. The molecule has 3 heterocycles. The molecule has 3 aromatic heterocycles. The van der Waals surface area contributed by atoms with Gasteiger partial charge in [-0.15, -0.1) is 0 Å². The molecular formula is C46H32N2O2. The largest absolute Gasteiger partial charge is 0.452 e. The molecule has 0 fully saturated rings. The second kappa shape index (κ2) is 12.4. The van der Waals surface area contributed by atoms with Gasteiger partial charge in [-0.25, -0.2) is 0 Å². The number of rotatable bonds is 4. The lowest BCUT2D eigenvalue weighted by atomic mass is 10.00. The summed E-state index contributed by atoms with van der Waals surface area (Å²) in [6.07, 6.45) is 0. The van der Waals surface area contributed by atoms with Crippen LogP contribution in [0.5, 0.6) is 0 Å². The third-order valence-electron chi connectivity index (χ3n) is 9.28. The summed E-state index contributed by atoms with van der Waals surface area (Å²) in [6, 6.07) is 58.6. The van der Waals surface area contributed by atoms with Gasteiger partial charge in [-0.05, 0) is 77.7 Å². The molecule has 10 rings (SSSR count). The van der Waals surface area contributed by atoms with Gasteiger partial charge in [0.25, 0.3) is 0 Å². The molecule has 0 aliphatic carbocycles. The monoisotopic (exact) mass is 644 g/mol. The van der Waals surface area contributed by atoms with Crippen molar-refractivity contribution in [3.8, 4) is 44.8 Å². The molecule has 0 radical (unpaired) electrons. The first-order valence-corrected chi connectivity index (χ1v) is 16.8. The number of hydrogen-bond donors (Lipinski definition) is 1. The fourth-order valence-corrected chi connectivity index (χ4v) is 6.68. The Bertz CT molecular complexity index is 2760. The van der Waals surface area contributed by atoms with Crippen molar-refractivity contribution in [2.45, 2.75) is 6.92 Å². The zero-order valence-electron chi connectivity index (χ0n) is 27.4. The molecule has 0 bridgehead atoms. The summed E-state index contributed by atoms with van der Waals surface area (Å²) in [7, 11) is 0. The second-order valence-electron chi connectivity index (χ2n) is 12.6. The average Bonchev–Trinajstić information content (AvgIpc) is 3.92. The van der Waals surface area contributed by atoms with Crippen molar-refractivity contribution in [3.05, 3.63) is 175 Å². The topological polar surface area (TPSA) is 55.0 Å². The zero-order valence-corrected chi connectivity index (χ0v) is 27.4. The minimum Gasteiger partial charge on any atom is -0.452 e. The highest BCUT2D eigenvalue weighted by Crippen LogP contribution is 2.40. The van der Waals surface area contributed by atoms with E-state index in [2.05, 4.69) is 145 Å². The first-order chi connectivity index (χ1) is 24.7. The van der Waals surface area contributed by atoms with Crippen LogP contribution < -0.4 is 0 Å². The molecule has 0 aliphatic rings. The van der Waals surface area contributed by atoms with E-state index in [-0.39, 0.29) is 0 Å². The fraction of sp³-hybridized carbons (Fsp3) is 0.0217. The van der Waals surface area contributed by atoms with Crippen molar-refractivity contribution in [2.75, 3.05) is 0 Å². The summed E-state index contributed by atoms with van der Waals surface area (Å²) in [5.74, 6) is 0. The minimum atomic E-state index is 0.779. The molecule has 0 saturated carbocycles. The Labute approximate surface area is 289 Å². The van der Waals surface area contributed by atoms with E-state index in [0.717, 1.165) is 83.1 Å². The van der Waals surface area contributed by atoms with Crippen molar-refractivity contribution in [3.63, 3.8) is 0 Å². The van der Waals surface area contributed by atoms with Crippen LogP contribution in [0.1, 0.15) is 5.56 Å². The summed E-state index contributed by atoms with van der Waals surface area (Å²) >= 11 is 0. The van der Waals surface area contributed by atoms with E-state index in [1.54, 1.807) is 0 Å². The number of aromatic amines is 1. The van der Waals surface area contributed by atoms with Gasteiger partial charge in [0.05, 0.1) is 11.4 Å². The molecule has 50 heavy (non-hydrogen) atoms. The van der Waals surface area contributed by atoms with Gasteiger partial charge in [0, 0.05) is 32.7 Å². The van der Waals surface area contributed by atoms with Gasteiger partial charge in [-0.2, -0.15) is 5.10 Å². The van der Waals surface area contributed by atoms with Gasteiger partial charge in [0.1, 0.15) is 11.2 Å². The molecule has 0 atom stereocenters. The standard InChI is InChI=1S/C39H24N2O2.C7H8/c1-3-8-24(9-4-1)27-14-16-30-32-18-19-33-31-17-15-28(22-37(31)43-39(33)38(32)42-36(30)21-27)26-12-7-13-29(20-26)35-23-34(40-41-35)25-10-5-2-6-11-25;1-7-5-3-2-4-6-7/h1-23H,(H,40,41);2-6H,1H3. The smallest absolute Gasteiger partial charge is 0.178 e. The Balaban J connectivity index is 0.000000432. The number of furan rings is 2. The van der Waals surface area contributed by atoms with E-state index in [0.29, 0.717) is 0 Å². The summed E-state index contributed by atoms with van der Waals surface area (Å²) < 4.78 is 13.0. The van der Waals surface area contributed by atoms with Crippen molar-refractivity contribution >= 4 is 43.9 Å². The van der Waals surface area contributed by atoms with Crippen molar-refractivity contribution in [2.24, 2.45) is 0 Å². The van der Waals surface area contributed by atoms with E-state index in [1.807, 2.05) is 42.5 Å². The van der Waals surface area contributed by atoms with E-state index < -0.39 is 0 Å². The molecule has 0 unspecified atom stereocenters. The summed E-state index contributed by atoms with van der Waals surface area (Å²) in [4.78, 5) is 0. The number of benzene rings is 7. The quantitative estimate of drug-likeness (QED) is 0.207. The Morgan fingerprint density at radius 3 is 1.46 bits per heavy atom. The molecule has 238 valence electrons. The van der Waals surface area contributed by atoms with Crippen LogP contribution in [0.4, 0.5) is 0 Å². The molecule has 0 spiro atoms. The SMILES string of the molecule is Cc1ccccc1.c1ccc(-c2ccc3c(c2)oc2c3ccc3c4ccc(-c5cccc(-c6cc(-c7ccccc7)n[nH]6)c5)cc4oc32)cc1. The zero-order chi connectivity index (χ0) is 33.4. The van der Waals surface area contributed by atoms with Crippen LogP contribution >= 0.6 is 0 Å². The third kappa shape index (κ3) is 5.43. The number of fused-ring (bicyclic) bond motifs is 7. The third-order valence-corrected chi connectivity index (χ3v) is 9.28. The number of hydrogen-bond acceptors (Lipinski definition) is 3. The summed E-state index contributed by atoms with van der Waals surface area (Å²) in [5, 5.41) is 12.0. The first-order valence-electron chi connectivity index (χ1n) is 16.8. The second-order valence-corrected chi connectivity index (χ2v) is 12.6. The number of nitrogens with one attached hydrogen (secondary N) is 1. The van der Waals surface area contributed by atoms with Crippen molar-refractivity contribution < 1.29 is 8.83 Å². The van der Waals surface area contributed by atoms with Gasteiger partial charge in [-0.3, -0.25) is 5.10 Å². The first kappa shape index (κ1) is 29.5. The molecule has 1 N–H and O–H groups in total.